The quantitative estimate of drug-likeness (QED) is 0.714. The van der Waals surface area contributed by atoms with Gasteiger partial charge in [-0.2, -0.15) is 0 Å². The summed E-state index contributed by atoms with van der Waals surface area (Å²) in [5.74, 6) is 0.231. The summed E-state index contributed by atoms with van der Waals surface area (Å²) >= 11 is 12.2. The van der Waals surface area contributed by atoms with E-state index in [1.165, 1.54) is 12.1 Å². The average molecular weight is 436 g/mol. The molecule has 0 unspecified atom stereocenters. The van der Waals surface area contributed by atoms with Gasteiger partial charge in [0.1, 0.15) is 6.04 Å². The molecule has 0 aromatic heterocycles. The van der Waals surface area contributed by atoms with Crippen LogP contribution < -0.4 is 9.62 Å². The molecule has 2 rings (SSSR count). The SMILES string of the molecule is C[C@@H](C(=O)NCCC1CCN(C)CC1)N(c1cc(Cl)ccc1Cl)S(C)(=O)=O. The monoisotopic (exact) mass is 435 g/mol. The lowest BCUT2D eigenvalue weighted by Crippen LogP contribution is -2.48. The zero-order valence-corrected chi connectivity index (χ0v) is 18.2. The highest BCUT2D eigenvalue weighted by molar-refractivity contribution is 7.92. The molecule has 1 saturated heterocycles. The lowest BCUT2D eigenvalue weighted by molar-refractivity contribution is -0.121. The zero-order valence-electron chi connectivity index (χ0n) is 15.9. The van der Waals surface area contributed by atoms with Crippen molar-refractivity contribution in [3.8, 4) is 0 Å². The first-order chi connectivity index (χ1) is 12.6. The second kappa shape index (κ2) is 9.45. The van der Waals surface area contributed by atoms with Gasteiger partial charge in [-0.3, -0.25) is 9.10 Å². The zero-order chi connectivity index (χ0) is 20.2. The van der Waals surface area contributed by atoms with Crippen LogP contribution in [0.25, 0.3) is 0 Å². The maximum absolute atomic E-state index is 12.6. The van der Waals surface area contributed by atoms with Gasteiger partial charge in [0, 0.05) is 11.6 Å². The molecule has 9 heteroatoms. The molecule has 1 N–H and O–H groups in total. The van der Waals surface area contributed by atoms with E-state index in [9.17, 15) is 13.2 Å². The van der Waals surface area contributed by atoms with E-state index in [-0.39, 0.29) is 16.6 Å². The third-order valence-corrected chi connectivity index (χ3v) is 6.71. The van der Waals surface area contributed by atoms with Gasteiger partial charge in [0.05, 0.1) is 17.0 Å². The lowest BCUT2D eigenvalue weighted by Gasteiger charge is -2.30. The largest absolute Gasteiger partial charge is 0.354 e. The molecule has 0 spiro atoms. The Bertz CT molecular complexity index is 765. The number of benzene rings is 1. The number of hydrogen-bond donors (Lipinski definition) is 1. The van der Waals surface area contributed by atoms with E-state index in [2.05, 4.69) is 17.3 Å². The van der Waals surface area contributed by atoms with Crippen LogP contribution >= 0.6 is 23.2 Å². The number of carbonyl (C=O) groups excluding carboxylic acids is 1. The molecule has 1 aromatic carbocycles. The Labute approximate surface area is 171 Å². The molecule has 6 nitrogen and oxygen atoms in total. The topological polar surface area (TPSA) is 69.7 Å². The maximum atomic E-state index is 12.6. The summed E-state index contributed by atoms with van der Waals surface area (Å²) in [5, 5.41) is 3.43. The standard InChI is InChI=1S/C18H27Cl2N3O3S/c1-13(18(24)21-9-6-14-7-10-22(2)11-8-14)23(27(3,25)26)17-12-15(19)4-5-16(17)20/h4-5,12-14H,6-11H2,1-3H3,(H,21,24)/t13-/m0/s1. The molecule has 1 aromatic rings. The van der Waals surface area contributed by atoms with E-state index >= 15 is 0 Å². The van der Waals surface area contributed by atoms with Crippen LogP contribution in [0.15, 0.2) is 18.2 Å². The number of amides is 1. The van der Waals surface area contributed by atoms with Crippen molar-refractivity contribution in [1.29, 1.82) is 0 Å². The highest BCUT2D eigenvalue weighted by atomic mass is 35.5. The molecule has 152 valence electrons. The van der Waals surface area contributed by atoms with E-state index < -0.39 is 16.1 Å². The summed E-state index contributed by atoms with van der Waals surface area (Å²) in [4.78, 5) is 14.9. The molecular formula is C18H27Cl2N3O3S. The Morgan fingerprint density at radius 2 is 1.96 bits per heavy atom. The van der Waals surface area contributed by atoms with E-state index in [0.717, 1.165) is 42.9 Å². The normalized spacial score (nSPS) is 17.5. The fourth-order valence-corrected chi connectivity index (χ4v) is 4.94. The van der Waals surface area contributed by atoms with Crippen molar-refractivity contribution in [2.24, 2.45) is 5.92 Å². The van der Waals surface area contributed by atoms with Crippen molar-refractivity contribution in [2.75, 3.05) is 37.2 Å². The Morgan fingerprint density at radius 3 is 2.56 bits per heavy atom. The third kappa shape index (κ3) is 6.24. The van der Waals surface area contributed by atoms with Crippen LogP contribution in [-0.4, -0.2) is 58.2 Å². The summed E-state index contributed by atoms with van der Waals surface area (Å²) in [5.41, 5.74) is 0.199. The smallest absolute Gasteiger partial charge is 0.243 e. The average Bonchev–Trinajstić information content (AvgIpc) is 2.58. The summed E-state index contributed by atoms with van der Waals surface area (Å²) < 4.78 is 25.7. The molecule has 1 aliphatic heterocycles. The van der Waals surface area contributed by atoms with E-state index in [1.54, 1.807) is 13.0 Å². The molecule has 1 atom stereocenters. The minimum atomic E-state index is -3.73. The highest BCUT2D eigenvalue weighted by Crippen LogP contribution is 2.32. The molecule has 1 heterocycles. The molecule has 27 heavy (non-hydrogen) atoms. The van der Waals surface area contributed by atoms with E-state index in [4.69, 9.17) is 23.2 Å². The van der Waals surface area contributed by atoms with Gasteiger partial charge in [0.2, 0.25) is 15.9 Å². The maximum Gasteiger partial charge on any atom is 0.243 e. The Kier molecular flexibility index (Phi) is 7.80. The van der Waals surface area contributed by atoms with E-state index in [1.807, 2.05) is 0 Å². The van der Waals surface area contributed by atoms with Gasteiger partial charge >= 0.3 is 0 Å². The number of piperidine rings is 1. The lowest BCUT2D eigenvalue weighted by atomic mass is 9.94. The Morgan fingerprint density at radius 1 is 1.33 bits per heavy atom. The first-order valence-electron chi connectivity index (χ1n) is 9.00. The summed E-state index contributed by atoms with van der Waals surface area (Å²) in [6, 6.07) is 3.60. The van der Waals surface area contributed by atoms with Crippen LogP contribution in [0.5, 0.6) is 0 Å². The number of nitrogens with one attached hydrogen (secondary N) is 1. The van der Waals surface area contributed by atoms with Gasteiger partial charge in [-0.1, -0.05) is 23.2 Å². The fourth-order valence-electron chi connectivity index (χ4n) is 3.33. The van der Waals surface area contributed by atoms with Crippen molar-refractivity contribution < 1.29 is 13.2 Å². The van der Waals surface area contributed by atoms with E-state index in [0.29, 0.717) is 17.5 Å². The highest BCUT2D eigenvalue weighted by Gasteiger charge is 2.30. The van der Waals surface area contributed by atoms with Gasteiger partial charge < -0.3 is 10.2 Å². The van der Waals surface area contributed by atoms with Crippen LogP contribution in [0.3, 0.4) is 0 Å². The number of halogens is 2. The number of likely N-dealkylation sites (tertiary alicyclic amines) is 1. The number of sulfonamides is 1. The number of carbonyl (C=O) groups is 1. The molecule has 0 aliphatic carbocycles. The first kappa shape index (κ1) is 22.3. The van der Waals surface area contributed by atoms with Gasteiger partial charge in [-0.25, -0.2) is 8.42 Å². The van der Waals surface area contributed by atoms with Crippen molar-refractivity contribution in [3.05, 3.63) is 28.2 Å². The Hall–Kier alpha value is -1.02. The van der Waals surface area contributed by atoms with Crippen molar-refractivity contribution in [1.82, 2.24) is 10.2 Å². The Balaban J connectivity index is 2.03. The molecule has 0 bridgehead atoms. The summed E-state index contributed by atoms with van der Waals surface area (Å²) in [6.45, 7) is 4.22. The number of rotatable bonds is 7. The third-order valence-electron chi connectivity index (χ3n) is 4.92. The predicted octanol–water partition coefficient (Wildman–Crippen LogP) is 3.00. The van der Waals surface area contributed by atoms with Crippen molar-refractivity contribution in [3.63, 3.8) is 0 Å². The number of hydrogen-bond acceptors (Lipinski definition) is 4. The van der Waals surface area contributed by atoms with Crippen LogP contribution in [-0.2, 0) is 14.8 Å². The van der Waals surface area contributed by atoms with Gasteiger partial charge in [0.25, 0.3) is 0 Å². The van der Waals surface area contributed by atoms with Gasteiger partial charge in [-0.05, 0) is 70.4 Å². The van der Waals surface area contributed by atoms with Crippen molar-refractivity contribution >= 4 is 44.8 Å². The number of nitrogens with zero attached hydrogens (tertiary/aromatic N) is 2. The molecular weight excluding hydrogens is 409 g/mol. The molecule has 1 fully saturated rings. The molecule has 0 saturated carbocycles. The van der Waals surface area contributed by atoms with Gasteiger partial charge in [0.15, 0.2) is 0 Å². The van der Waals surface area contributed by atoms with Crippen LogP contribution in [0.4, 0.5) is 5.69 Å². The molecule has 0 radical (unpaired) electrons. The predicted molar refractivity (Wildman–Crippen MR) is 111 cm³/mol. The van der Waals surface area contributed by atoms with Crippen LogP contribution in [0.1, 0.15) is 26.2 Å². The minimum Gasteiger partial charge on any atom is -0.354 e. The first-order valence-corrected chi connectivity index (χ1v) is 11.6. The number of anilines is 1. The fraction of sp³-hybridized carbons (Fsp3) is 0.611. The summed E-state index contributed by atoms with van der Waals surface area (Å²) in [6.07, 6.45) is 4.18. The second-order valence-electron chi connectivity index (χ2n) is 7.16. The minimum absolute atomic E-state index is 0.199. The van der Waals surface area contributed by atoms with Crippen LogP contribution in [0.2, 0.25) is 10.0 Å². The van der Waals surface area contributed by atoms with Crippen molar-refractivity contribution in [2.45, 2.75) is 32.2 Å². The van der Waals surface area contributed by atoms with Gasteiger partial charge in [-0.15, -0.1) is 0 Å². The summed E-state index contributed by atoms with van der Waals surface area (Å²) in [7, 11) is -1.62. The van der Waals surface area contributed by atoms with Crippen LogP contribution in [0, 0.1) is 5.92 Å². The molecule has 1 amide bonds. The molecule has 1 aliphatic rings. The second-order valence-corrected chi connectivity index (χ2v) is 9.86.